The Kier molecular flexibility index (Phi) is 26.9. The standard InChI is InChI=1S/C28H29N2.C26H32N.C24H28N.2C22H25N2/c1-19-10-11-23(24-9-6-14-29-18-24)17-27(19)28-26-13-12-22(21-7-4-5-8-21)16-25(26)15-20(2)30(28)3;1-17(2)23-14-18(3)19(4)25(16-23)26-24-11-10-21(20-8-6-7-9-20)15-22(24)12-13-27(26)5;1-17-9-7-8-12-22(17)24-23-14-13-20(19-10-5-4-6-11-19)16-21(23)15-18(2)25(24)3;1-15-14-23-11-10-20(15)22-21-9-8-18(17-6-4-5-7-17)13-19(21)12-16(2)24(22)3;1-15-10-11-23-14-21(15)22-20-9-8-18(17-6-4-5-7-17)13-19(20)12-16(2)24(22)3/h6,9-18,21H,4-5,7-8H2,1-3H3;10-17,20H,6-9H2,1-5H3;7-9,12-16,19H,4-6,10-11H2,1-3H3;2*8-14,17H,4-7H2,1-3H3/q5*+1/i;13D,17D;;;. The summed E-state index contributed by atoms with van der Waals surface area (Å²) in [5, 5.41) is 13.1. The number of fused-ring (bicyclic) bond motifs is 5. The SMILES string of the molecule is Cc1ccc(-c2cccnc2)cc1-c1c2ccc(C3CCCC3)cc2cc(C)[n+]1C.Cc1ccccc1-c1c2ccc(C3CCCCC3)cc2cc(C)[n+]1C.Cc1ccncc1-c1c2ccc(C3CCCC3)cc2cc(C)[n+]1C.Cc1cnccc1-c1c2ccc(C3CCCC3)cc2cc(C)[n+]1C.[2H]c1cc2cc(C3CCCC3)ccc2c(-c2cc(C([2H])(C)C)cc(C)c2C)[n+]1C. The molecule has 8 aromatic heterocycles. The largest absolute Gasteiger partial charge is 0.264 e. The first kappa shape index (κ1) is 87.6. The van der Waals surface area contributed by atoms with E-state index < -0.39 is 5.89 Å². The number of pyridine rings is 8. The Bertz CT molecular complexity index is 6810. The van der Waals surface area contributed by atoms with E-state index >= 15 is 0 Å². The molecule has 8 aromatic carbocycles. The number of hydrogen-bond acceptors (Lipinski definition) is 3. The van der Waals surface area contributed by atoms with Gasteiger partial charge in [0, 0.05) is 108 Å². The third-order valence-corrected chi connectivity index (χ3v) is 30.7. The Labute approximate surface area is 778 Å². The van der Waals surface area contributed by atoms with Gasteiger partial charge in [-0.3, -0.25) is 15.0 Å². The second kappa shape index (κ2) is 39.9. The molecular weight excluding hydrogens is 1580 g/mol. The lowest BCUT2D eigenvalue weighted by Gasteiger charge is -2.22. The fourth-order valence-electron chi connectivity index (χ4n) is 22.4. The first-order chi connectivity index (χ1) is 63.7. The summed E-state index contributed by atoms with van der Waals surface area (Å²) < 4.78 is 28.4. The van der Waals surface area contributed by atoms with Crippen LogP contribution < -0.4 is 22.8 Å². The molecule has 8 nitrogen and oxygen atoms in total. The van der Waals surface area contributed by atoms with Crippen LogP contribution in [0.25, 0.3) is 121 Å². The van der Waals surface area contributed by atoms with E-state index in [-0.39, 0.29) is 0 Å². The minimum absolute atomic E-state index is 0.517. The van der Waals surface area contributed by atoms with Crippen molar-refractivity contribution in [3.8, 4) is 67.4 Å². The van der Waals surface area contributed by atoms with Crippen LogP contribution in [0.2, 0.25) is 0 Å². The Morgan fingerprint density at radius 1 is 0.285 bits per heavy atom. The zero-order chi connectivity index (χ0) is 92.3. The summed E-state index contributed by atoms with van der Waals surface area (Å²) in [7, 11) is 10.7. The summed E-state index contributed by atoms with van der Waals surface area (Å²) in [4.78, 5) is 12.9. The molecule has 5 fully saturated rings. The van der Waals surface area contributed by atoms with Gasteiger partial charge >= 0.3 is 0 Å². The highest BCUT2D eigenvalue weighted by atomic mass is 15.0. The van der Waals surface area contributed by atoms with Crippen LogP contribution >= 0.6 is 0 Å². The topological polar surface area (TPSA) is 58.1 Å². The highest BCUT2D eigenvalue weighted by molar-refractivity contribution is 5.99. The van der Waals surface area contributed by atoms with Crippen LogP contribution in [-0.4, -0.2) is 15.0 Å². The monoisotopic (exact) mass is 1720 g/mol. The van der Waals surface area contributed by atoms with Gasteiger partial charge in [0.25, 0.3) is 0 Å². The number of benzene rings is 8. The lowest BCUT2D eigenvalue weighted by atomic mass is 9.83. The Balaban J connectivity index is 0.000000116. The molecule has 16 aromatic rings. The van der Waals surface area contributed by atoms with Gasteiger partial charge in [0.1, 0.15) is 36.6 Å². The number of aryl methyl sites for hydroxylation is 9. The maximum Gasteiger partial charge on any atom is 0.222 e. The minimum Gasteiger partial charge on any atom is -0.264 e. The molecule has 0 N–H and O–H groups in total. The number of hydrogen-bond donors (Lipinski definition) is 0. The second-order valence-corrected chi connectivity index (χ2v) is 39.4. The quantitative estimate of drug-likeness (QED) is 0.115. The molecule has 5 aliphatic rings. The van der Waals surface area contributed by atoms with Crippen LogP contribution in [0.3, 0.4) is 0 Å². The molecular formula is C122H139N8+5. The van der Waals surface area contributed by atoms with E-state index in [2.05, 4.69) is 319 Å². The van der Waals surface area contributed by atoms with Gasteiger partial charge in [-0.25, -0.2) is 4.57 Å². The molecule has 0 amide bonds. The summed E-state index contributed by atoms with van der Waals surface area (Å²) in [6, 6.07) is 74.9. The molecule has 21 rings (SSSR count). The summed E-state index contributed by atoms with van der Waals surface area (Å²) in [5.74, 6) is 3.03. The van der Waals surface area contributed by atoms with Crippen molar-refractivity contribution < 1.29 is 25.6 Å². The van der Waals surface area contributed by atoms with E-state index in [4.69, 9.17) is 2.74 Å². The van der Waals surface area contributed by atoms with E-state index in [1.54, 1.807) is 0 Å². The second-order valence-electron chi connectivity index (χ2n) is 39.4. The molecule has 662 valence electrons. The number of aromatic nitrogens is 8. The van der Waals surface area contributed by atoms with Gasteiger partial charge in [-0.1, -0.05) is 188 Å². The predicted molar refractivity (Wildman–Crippen MR) is 544 cm³/mol. The minimum atomic E-state index is -0.657. The Morgan fingerprint density at radius 3 is 1.08 bits per heavy atom. The van der Waals surface area contributed by atoms with Crippen molar-refractivity contribution in [2.75, 3.05) is 0 Å². The average Bonchev–Trinajstić information content (AvgIpc) is 1.53. The molecule has 0 saturated heterocycles. The smallest absolute Gasteiger partial charge is 0.222 e. The third-order valence-electron chi connectivity index (χ3n) is 30.7. The van der Waals surface area contributed by atoms with Crippen LogP contribution in [0, 0.1) is 69.2 Å². The van der Waals surface area contributed by atoms with Gasteiger partial charge in [0.2, 0.25) is 28.5 Å². The maximum atomic E-state index is 8.60. The van der Waals surface area contributed by atoms with Crippen molar-refractivity contribution in [2.45, 2.75) is 253 Å². The lowest BCUT2D eigenvalue weighted by molar-refractivity contribution is -0.665. The van der Waals surface area contributed by atoms with Crippen molar-refractivity contribution >= 4 is 53.9 Å². The average molecular weight is 1720 g/mol. The highest BCUT2D eigenvalue weighted by Crippen LogP contribution is 2.45. The fraction of sp³-hybridized carbons (Fsp3) is 0.361. The predicted octanol–water partition coefficient (Wildman–Crippen LogP) is 29.4. The normalized spacial score (nSPS) is 15.5. The Morgan fingerprint density at radius 2 is 0.662 bits per heavy atom. The van der Waals surface area contributed by atoms with E-state index in [0.717, 1.165) is 51.4 Å². The van der Waals surface area contributed by atoms with Gasteiger partial charge in [-0.05, 0) is 307 Å². The number of rotatable bonds is 12. The fourth-order valence-corrected chi connectivity index (χ4v) is 22.4. The van der Waals surface area contributed by atoms with Crippen LogP contribution in [0.15, 0.2) is 244 Å². The van der Waals surface area contributed by atoms with Crippen molar-refractivity contribution in [3.63, 3.8) is 0 Å². The molecule has 5 saturated carbocycles. The Hall–Kier alpha value is -11.7. The molecule has 0 unspecified atom stereocenters. The highest BCUT2D eigenvalue weighted by Gasteiger charge is 2.30. The van der Waals surface area contributed by atoms with Crippen LogP contribution in [0.4, 0.5) is 0 Å². The van der Waals surface area contributed by atoms with Crippen molar-refractivity contribution in [1.29, 1.82) is 0 Å². The molecule has 130 heavy (non-hydrogen) atoms. The molecule has 0 bridgehead atoms. The van der Waals surface area contributed by atoms with Gasteiger partial charge in [-0.2, -0.15) is 18.3 Å². The van der Waals surface area contributed by atoms with Crippen LogP contribution in [-0.2, 0) is 35.2 Å². The first-order valence-electron chi connectivity index (χ1n) is 49.9. The molecule has 0 atom stereocenters. The van der Waals surface area contributed by atoms with Gasteiger partial charge in [0.15, 0.2) is 28.9 Å². The van der Waals surface area contributed by atoms with E-state index in [0.29, 0.717) is 12.1 Å². The van der Waals surface area contributed by atoms with Gasteiger partial charge in [-0.15, -0.1) is 0 Å². The van der Waals surface area contributed by atoms with Crippen molar-refractivity contribution in [3.05, 3.63) is 333 Å². The van der Waals surface area contributed by atoms with Gasteiger partial charge < -0.3 is 0 Å². The molecule has 5 aliphatic carbocycles. The van der Waals surface area contributed by atoms with Crippen LogP contribution in [0.5, 0.6) is 0 Å². The zero-order valence-electron chi connectivity index (χ0n) is 82.8. The zero-order valence-corrected chi connectivity index (χ0v) is 80.8. The van der Waals surface area contributed by atoms with E-state index in [1.165, 1.54) is 318 Å². The summed E-state index contributed by atoms with van der Waals surface area (Å²) in [6.45, 7) is 25.7. The third kappa shape index (κ3) is 19.1. The van der Waals surface area contributed by atoms with Gasteiger partial charge in [0.05, 0.1) is 49.2 Å². The molecule has 0 spiro atoms. The van der Waals surface area contributed by atoms with Crippen LogP contribution in [0.1, 0.15) is 276 Å². The first-order valence-corrected chi connectivity index (χ1v) is 48.9. The van der Waals surface area contributed by atoms with Crippen molar-refractivity contribution in [1.82, 2.24) is 15.0 Å². The maximum absolute atomic E-state index is 8.60. The molecule has 0 radical (unpaired) electrons. The number of nitrogens with zero attached hydrogens (tertiary/aromatic N) is 8. The summed E-state index contributed by atoms with van der Waals surface area (Å²) in [5.41, 5.74) is 36.1. The van der Waals surface area contributed by atoms with E-state index in [1.807, 2.05) is 74.8 Å². The van der Waals surface area contributed by atoms with Crippen molar-refractivity contribution in [2.24, 2.45) is 35.2 Å². The summed E-state index contributed by atoms with van der Waals surface area (Å²) in [6.07, 6.45) is 40.5. The molecule has 0 aliphatic heterocycles. The van der Waals surface area contributed by atoms with E-state index in [9.17, 15) is 0 Å². The summed E-state index contributed by atoms with van der Waals surface area (Å²) >= 11 is 0. The lowest BCUT2D eigenvalue weighted by Crippen LogP contribution is -2.35. The molecule has 8 heterocycles. The molecule has 8 heteroatoms.